The molecule has 2 aromatic carbocycles. The van der Waals surface area contributed by atoms with Crippen molar-refractivity contribution >= 4 is 37.1 Å². The first-order valence-corrected chi connectivity index (χ1v) is 8.00. The Bertz CT molecular complexity index is 528. The fraction of sp³-hybridized carbons (Fsp3) is 0.143. The molecule has 0 radical (unpaired) electrons. The van der Waals surface area contributed by atoms with Crippen molar-refractivity contribution in [1.29, 1.82) is 0 Å². The van der Waals surface area contributed by atoms with Gasteiger partial charge in [0.05, 0.1) is 7.11 Å². The van der Waals surface area contributed by atoms with Gasteiger partial charge in [0.15, 0.2) is 0 Å². The van der Waals surface area contributed by atoms with E-state index in [9.17, 15) is 0 Å². The molecule has 0 saturated carbocycles. The average molecular weight is 297 g/mol. The van der Waals surface area contributed by atoms with E-state index in [1.54, 1.807) is 7.11 Å². The van der Waals surface area contributed by atoms with Crippen LogP contribution in [0, 0.1) is 0 Å². The third-order valence-corrected chi connectivity index (χ3v) is 4.37. The Morgan fingerprint density at radius 2 is 1.89 bits per heavy atom. The lowest BCUT2D eigenvalue weighted by atomic mass is 10.0. The minimum atomic E-state index is 0.331. The summed E-state index contributed by atoms with van der Waals surface area (Å²) >= 11 is 10.3. The minimum absolute atomic E-state index is 0.331. The van der Waals surface area contributed by atoms with Crippen LogP contribution in [0.4, 0.5) is 0 Å². The zero-order valence-electron chi connectivity index (χ0n) is 9.98. The molecule has 0 saturated heterocycles. The van der Waals surface area contributed by atoms with Crippen LogP contribution in [0.5, 0.6) is 5.75 Å². The standard InChI is InChI=1S/C14H14ClOPS/c1-16-12-5-4-11(14(18)9-12)8-10-2-6-13(17-15)7-3-10/h2-7,9,17-18H,8H2,1H3. The quantitative estimate of drug-likeness (QED) is 0.662. The summed E-state index contributed by atoms with van der Waals surface area (Å²) in [5.74, 6) is 0.836. The molecule has 94 valence electrons. The molecule has 0 bridgehead atoms. The lowest BCUT2D eigenvalue weighted by Gasteiger charge is -2.08. The van der Waals surface area contributed by atoms with Crippen LogP contribution in [-0.4, -0.2) is 7.11 Å². The first kappa shape index (κ1) is 13.7. The van der Waals surface area contributed by atoms with Crippen molar-refractivity contribution in [2.45, 2.75) is 11.3 Å². The van der Waals surface area contributed by atoms with E-state index in [0.717, 1.165) is 17.1 Å². The Hall–Kier alpha value is -0.690. The Kier molecular flexibility index (Phi) is 4.94. The van der Waals surface area contributed by atoms with Crippen molar-refractivity contribution in [2.75, 3.05) is 7.11 Å². The summed E-state index contributed by atoms with van der Waals surface area (Å²) in [5.41, 5.74) is 2.45. The highest BCUT2D eigenvalue weighted by atomic mass is 35.7. The fourth-order valence-electron chi connectivity index (χ4n) is 1.73. The SMILES string of the molecule is COc1ccc(Cc2ccc(PCl)cc2)c(S)c1. The third kappa shape index (κ3) is 3.41. The normalized spacial score (nSPS) is 11.1. The number of hydrogen-bond acceptors (Lipinski definition) is 2. The Morgan fingerprint density at radius 3 is 2.44 bits per heavy atom. The number of benzene rings is 2. The van der Waals surface area contributed by atoms with Crippen LogP contribution in [-0.2, 0) is 6.42 Å². The molecule has 0 aliphatic rings. The summed E-state index contributed by atoms with van der Waals surface area (Å²) in [5, 5.41) is 1.17. The van der Waals surface area contributed by atoms with Crippen LogP contribution < -0.4 is 10.0 Å². The smallest absolute Gasteiger partial charge is 0.119 e. The van der Waals surface area contributed by atoms with E-state index < -0.39 is 0 Å². The highest BCUT2D eigenvalue weighted by Crippen LogP contribution is 2.23. The van der Waals surface area contributed by atoms with Crippen LogP contribution in [0.2, 0.25) is 0 Å². The van der Waals surface area contributed by atoms with Gasteiger partial charge in [-0.05, 0) is 35.0 Å². The Balaban J connectivity index is 2.17. The molecule has 0 fully saturated rings. The van der Waals surface area contributed by atoms with Gasteiger partial charge in [0.1, 0.15) is 5.75 Å². The predicted molar refractivity (Wildman–Crippen MR) is 83.3 cm³/mol. The molecule has 2 aromatic rings. The van der Waals surface area contributed by atoms with E-state index in [1.807, 2.05) is 12.1 Å². The summed E-state index contributed by atoms with van der Waals surface area (Å²) in [6.45, 7) is 0. The molecule has 0 N–H and O–H groups in total. The van der Waals surface area contributed by atoms with E-state index >= 15 is 0 Å². The molecule has 0 aliphatic heterocycles. The number of methoxy groups -OCH3 is 1. The van der Waals surface area contributed by atoms with Crippen molar-refractivity contribution in [2.24, 2.45) is 0 Å². The zero-order chi connectivity index (χ0) is 13.0. The molecular weight excluding hydrogens is 283 g/mol. The van der Waals surface area contributed by atoms with Crippen LogP contribution in [0.15, 0.2) is 47.4 Å². The topological polar surface area (TPSA) is 9.23 Å². The first-order chi connectivity index (χ1) is 8.72. The molecule has 1 unspecified atom stereocenters. The van der Waals surface area contributed by atoms with Gasteiger partial charge in [-0.15, -0.1) is 12.6 Å². The lowest BCUT2D eigenvalue weighted by molar-refractivity contribution is 0.413. The van der Waals surface area contributed by atoms with Crippen molar-refractivity contribution < 1.29 is 4.74 Å². The molecule has 2 rings (SSSR count). The molecule has 1 atom stereocenters. The maximum Gasteiger partial charge on any atom is 0.119 e. The minimum Gasteiger partial charge on any atom is -0.497 e. The monoisotopic (exact) mass is 296 g/mol. The summed E-state index contributed by atoms with van der Waals surface area (Å²) in [6, 6.07) is 14.3. The Labute approximate surface area is 119 Å². The molecule has 18 heavy (non-hydrogen) atoms. The van der Waals surface area contributed by atoms with Gasteiger partial charge in [-0.3, -0.25) is 0 Å². The second kappa shape index (κ2) is 6.47. The Morgan fingerprint density at radius 1 is 1.17 bits per heavy atom. The number of hydrogen-bond donors (Lipinski definition) is 1. The van der Waals surface area contributed by atoms with E-state index in [4.69, 9.17) is 16.0 Å². The summed E-state index contributed by atoms with van der Waals surface area (Å²) in [7, 11) is 1.99. The molecule has 4 heteroatoms. The molecule has 0 amide bonds. The number of ether oxygens (including phenoxy) is 1. The van der Waals surface area contributed by atoms with Gasteiger partial charge in [0.2, 0.25) is 0 Å². The highest BCUT2D eigenvalue weighted by molar-refractivity contribution is 7.80. The van der Waals surface area contributed by atoms with Crippen molar-refractivity contribution in [1.82, 2.24) is 0 Å². The van der Waals surface area contributed by atoms with E-state index in [-0.39, 0.29) is 0 Å². The van der Waals surface area contributed by atoms with Crippen molar-refractivity contribution in [3.63, 3.8) is 0 Å². The third-order valence-electron chi connectivity index (χ3n) is 2.75. The molecular formula is C14H14ClOPS. The zero-order valence-corrected chi connectivity index (χ0v) is 12.6. The summed E-state index contributed by atoms with van der Waals surface area (Å²) < 4.78 is 5.17. The van der Waals surface area contributed by atoms with Crippen LogP contribution in [0.1, 0.15) is 11.1 Å². The van der Waals surface area contributed by atoms with Gasteiger partial charge < -0.3 is 4.74 Å². The van der Waals surface area contributed by atoms with Gasteiger partial charge in [-0.25, -0.2) is 0 Å². The predicted octanol–water partition coefficient (Wildman–Crippen LogP) is 4.03. The summed E-state index contributed by atoms with van der Waals surface area (Å²) in [6.07, 6.45) is 0.870. The van der Waals surface area contributed by atoms with E-state index in [0.29, 0.717) is 7.93 Å². The van der Waals surface area contributed by atoms with Gasteiger partial charge >= 0.3 is 0 Å². The molecule has 0 heterocycles. The largest absolute Gasteiger partial charge is 0.497 e. The molecule has 0 spiro atoms. The summed E-state index contributed by atoms with van der Waals surface area (Å²) in [4.78, 5) is 0.956. The average Bonchev–Trinajstić information content (AvgIpc) is 2.42. The van der Waals surface area contributed by atoms with E-state index in [2.05, 4.69) is 43.0 Å². The first-order valence-electron chi connectivity index (χ1n) is 5.54. The number of thiol groups is 1. The van der Waals surface area contributed by atoms with Crippen LogP contribution in [0.3, 0.4) is 0 Å². The fourth-order valence-corrected chi connectivity index (χ4v) is 2.68. The van der Waals surface area contributed by atoms with Gasteiger partial charge in [0, 0.05) is 12.8 Å². The van der Waals surface area contributed by atoms with Gasteiger partial charge in [-0.1, -0.05) is 41.6 Å². The van der Waals surface area contributed by atoms with E-state index in [1.165, 1.54) is 16.4 Å². The second-order valence-electron chi connectivity index (χ2n) is 3.96. The number of halogens is 1. The number of rotatable bonds is 4. The van der Waals surface area contributed by atoms with Gasteiger partial charge in [0.25, 0.3) is 0 Å². The highest BCUT2D eigenvalue weighted by Gasteiger charge is 2.03. The maximum atomic E-state index is 5.80. The van der Waals surface area contributed by atoms with Crippen molar-refractivity contribution in [3.8, 4) is 5.75 Å². The van der Waals surface area contributed by atoms with Crippen LogP contribution in [0.25, 0.3) is 0 Å². The molecule has 1 nitrogen and oxygen atoms in total. The second-order valence-corrected chi connectivity index (χ2v) is 5.78. The van der Waals surface area contributed by atoms with Crippen LogP contribution >= 0.6 is 31.8 Å². The van der Waals surface area contributed by atoms with Crippen molar-refractivity contribution in [3.05, 3.63) is 53.6 Å². The lowest BCUT2D eigenvalue weighted by Crippen LogP contribution is -1.95. The van der Waals surface area contributed by atoms with Gasteiger partial charge in [-0.2, -0.15) is 0 Å². The molecule has 0 aromatic heterocycles. The molecule has 0 aliphatic carbocycles. The maximum absolute atomic E-state index is 5.80.